The molecule has 0 amide bonds. The third-order valence-corrected chi connectivity index (χ3v) is 6.55. The van der Waals surface area contributed by atoms with E-state index in [1.807, 2.05) is 6.07 Å². The minimum atomic E-state index is -0.299. The molecule has 152 valence electrons. The molecule has 7 heteroatoms. The van der Waals surface area contributed by atoms with Crippen molar-refractivity contribution in [1.82, 2.24) is 18.8 Å². The van der Waals surface area contributed by atoms with E-state index in [1.165, 1.54) is 29.2 Å². The van der Waals surface area contributed by atoms with Crippen LogP contribution in [0.25, 0.3) is 21.5 Å². The van der Waals surface area contributed by atoms with Gasteiger partial charge in [-0.15, -0.1) is 0 Å². The molecule has 0 aliphatic carbocycles. The van der Waals surface area contributed by atoms with Crippen LogP contribution in [-0.4, -0.2) is 31.9 Å². The third kappa shape index (κ3) is 3.66. The molecule has 1 aliphatic rings. The molecule has 0 bridgehead atoms. The first-order valence-corrected chi connectivity index (χ1v) is 10.8. The monoisotopic (exact) mass is 420 g/mol. The van der Waals surface area contributed by atoms with Gasteiger partial charge in [-0.05, 0) is 54.2 Å². The number of nitrogens with zero attached hydrogens (tertiary/aromatic N) is 4. The van der Waals surface area contributed by atoms with Gasteiger partial charge in [0.2, 0.25) is 0 Å². The molecule has 5 rings (SSSR count). The predicted molar refractivity (Wildman–Crippen MR) is 117 cm³/mol. The van der Waals surface area contributed by atoms with Crippen LogP contribution >= 0.6 is 11.5 Å². The fraction of sp³-hybridized carbons (Fsp3) is 0.261. The molecule has 2 aromatic heterocycles. The summed E-state index contributed by atoms with van der Waals surface area (Å²) in [5, 5.41) is 0. The summed E-state index contributed by atoms with van der Waals surface area (Å²) in [7, 11) is 0. The second-order valence-electron chi connectivity index (χ2n) is 7.67. The molecular weight excluding hydrogens is 399 g/mol. The molecule has 3 heterocycles. The van der Waals surface area contributed by atoms with Crippen molar-refractivity contribution in [1.29, 1.82) is 0 Å². The molecule has 2 aromatic carbocycles. The van der Waals surface area contributed by atoms with Crippen LogP contribution in [0, 0.1) is 5.82 Å². The Balaban J connectivity index is 1.35. The first-order valence-electron chi connectivity index (χ1n) is 10.1. The van der Waals surface area contributed by atoms with Gasteiger partial charge in [0.15, 0.2) is 0 Å². The highest BCUT2D eigenvalue weighted by Gasteiger charge is 2.23. The molecule has 1 fully saturated rings. The Kier molecular flexibility index (Phi) is 5.14. The molecule has 0 unspecified atom stereocenters. The highest BCUT2D eigenvalue weighted by molar-refractivity contribution is 7.13. The van der Waals surface area contributed by atoms with E-state index in [1.54, 1.807) is 23.0 Å². The maximum atomic E-state index is 13.2. The summed E-state index contributed by atoms with van der Waals surface area (Å²) in [5.74, 6) is -0.299. The normalized spacial score (nSPS) is 15.6. The zero-order valence-electron chi connectivity index (χ0n) is 16.4. The Morgan fingerprint density at radius 1 is 1.03 bits per heavy atom. The SMILES string of the molecule is O=c1c2snc(-c3ccc(F)cc3)c2ncn1C1CCN(Cc2ccccc2)CC1. The topological polar surface area (TPSA) is 51.0 Å². The van der Waals surface area contributed by atoms with E-state index >= 15 is 0 Å². The van der Waals surface area contributed by atoms with Crippen molar-refractivity contribution in [2.45, 2.75) is 25.4 Å². The molecule has 30 heavy (non-hydrogen) atoms. The Hall–Kier alpha value is -2.90. The van der Waals surface area contributed by atoms with Crippen LogP contribution in [0.4, 0.5) is 4.39 Å². The largest absolute Gasteiger partial charge is 0.299 e. The first kappa shape index (κ1) is 19.1. The van der Waals surface area contributed by atoms with Crippen LogP contribution in [0.5, 0.6) is 0 Å². The van der Waals surface area contributed by atoms with E-state index in [-0.39, 0.29) is 17.4 Å². The van der Waals surface area contributed by atoms with Crippen LogP contribution < -0.4 is 5.56 Å². The van der Waals surface area contributed by atoms with Gasteiger partial charge in [-0.1, -0.05) is 30.3 Å². The molecule has 4 aromatic rings. The summed E-state index contributed by atoms with van der Waals surface area (Å²) in [6.45, 7) is 2.84. The maximum absolute atomic E-state index is 13.2. The highest BCUT2D eigenvalue weighted by atomic mass is 32.1. The zero-order chi connectivity index (χ0) is 20.5. The van der Waals surface area contributed by atoms with Crippen LogP contribution in [-0.2, 0) is 6.54 Å². The van der Waals surface area contributed by atoms with Crippen molar-refractivity contribution in [3.05, 3.63) is 82.7 Å². The van der Waals surface area contributed by atoms with Crippen molar-refractivity contribution < 1.29 is 4.39 Å². The minimum absolute atomic E-state index is 0.0348. The van der Waals surface area contributed by atoms with Gasteiger partial charge in [-0.25, -0.2) is 9.37 Å². The van der Waals surface area contributed by atoms with E-state index < -0.39 is 0 Å². The van der Waals surface area contributed by atoms with Crippen molar-refractivity contribution in [2.75, 3.05) is 13.1 Å². The first-order chi connectivity index (χ1) is 14.7. The number of hydrogen-bond acceptors (Lipinski definition) is 5. The molecule has 0 saturated carbocycles. The maximum Gasteiger partial charge on any atom is 0.273 e. The zero-order valence-corrected chi connectivity index (χ0v) is 17.2. The van der Waals surface area contributed by atoms with Gasteiger partial charge in [0.05, 0.1) is 6.33 Å². The fourth-order valence-corrected chi connectivity index (χ4v) is 4.88. The number of aromatic nitrogens is 3. The lowest BCUT2D eigenvalue weighted by molar-refractivity contribution is 0.177. The quantitative estimate of drug-likeness (QED) is 0.488. The van der Waals surface area contributed by atoms with Crippen LogP contribution in [0.15, 0.2) is 65.7 Å². The Morgan fingerprint density at radius 2 is 1.77 bits per heavy atom. The smallest absolute Gasteiger partial charge is 0.273 e. The van der Waals surface area contributed by atoms with E-state index in [0.29, 0.717) is 15.9 Å². The van der Waals surface area contributed by atoms with Crippen LogP contribution in [0.2, 0.25) is 0 Å². The lowest BCUT2D eigenvalue weighted by atomic mass is 10.0. The lowest BCUT2D eigenvalue weighted by Gasteiger charge is -2.32. The second kappa shape index (κ2) is 8.08. The van der Waals surface area contributed by atoms with Crippen molar-refractivity contribution in [3.63, 3.8) is 0 Å². The van der Waals surface area contributed by atoms with E-state index in [0.717, 1.165) is 38.0 Å². The number of hydrogen-bond donors (Lipinski definition) is 0. The summed E-state index contributed by atoms with van der Waals surface area (Å²) in [6, 6.07) is 16.7. The summed E-state index contributed by atoms with van der Waals surface area (Å²) in [6.07, 6.45) is 3.50. The van der Waals surface area contributed by atoms with Gasteiger partial charge >= 0.3 is 0 Å². The van der Waals surface area contributed by atoms with Crippen LogP contribution in [0.3, 0.4) is 0 Å². The van der Waals surface area contributed by atoms with Gasteiger partial charge in [0.25, 0.3) is 5.56 Å². The average Bonchev–Trinajstić information content (AvgIpc) is 3.21. The van der Waals surface area contributed by atoms with Crippen molar-refractivity contribution >= 4 is 21.7 Å². The molecule has 0 N–H and O–H groups in total. The Morgan fingerprint density at radius 3 is 2.50 bits per heavy atom. The molecular formula is C23H21FN4OS. The summed E-state index contributed by atoms with van der Waals surface area (Å²) >= 11 is 1.17. The summed E-state index contributed by atoms with van der Waals surface area (Å²) in [5.41, 5.74) is 3.27. The Bertz CT molecular complexity index is 1210. The molecule has 0 atom stereocenters. The molecule has 1 aliphatic heterocycles. The van der Waals surface area contributed by atoms with E-state index in [9.17, 15) is 9.18 Å². The molecule has 5 nitrogen and oxygen atoms in total. The van der Waals surface area contributed by atoms with Gasteiger partial charge in [-0.2, -0.15) is 4.37 Å². The summed E-state index contributed by atoms with van der Waals surface area (Å²) in [4.78, 5) is 20.1. The number of benzene rings is 2. The van der Waals surface area contributed by atoms with Crippen LogP contribution in [0.1, 0.15) is 24.4 Å². The van der Waals surface area contributed by atoms with Gasteiger partial charge in [0, 0.05) is 31.2 Å². The standard InChI is InChI=1S/C23H21FN4OS/c24-18-8-6-17(7-9-18)20-21-22(30-26-20)23(29)28(15-25-21)19-10-12-27(13-11-19)14-16-4-2-1-3-5-16/h1-9,15,19H,10-14H2. The Labute approximate surface area is 177 Å². The van der Waals surface area contributed by atoms with Gasteiger partial charge in [0.1, 0.15) is 21.7 Å². The highest BCUT2D eigenvalue weighted by Crippen LogP contribution is 2.29. The number of likely N-dealkylation sites (tertiary alicyclic amines) is 1. The number of halogens is 1. The van der Waals surface area contributed by atoms with Crippen molar-refractivity contribution in [2.24, 2.45) is 0 Å². The van der Waals surface area contributed by atoms with E-state index in [4.69, 9.17) is 0 Å². The predicted octanol–water partition coefficient (Wildman–Crippen LogP) is 4.50. The summed E-state index contributed by atoms with van der Waals surface area (Å²) < 4.78 is 20.0. The molecule has 1 saturated heterocycles. The molecule has 0 spiro atoms. The van der Waals surface area contributed by atoms with Gasteiger partial charge in [-0.3, -0.25) is 14.3 Å². The number of piperidine rings is 1. The average molecular weight is 421 g/mol. The van der Waals surface area contributed by atoms with Crippen molar-refractivity contribution in [3.8, 4) is 11.3 Å². The van der Waals surface area contributed by atoms with Gasteiger partial charge < -0.3 is 0 Å². The fourth-order valence-electron chi connectivity index (χ4n) is 4.09. The van der Waals surface area contributed by atoms with E-state index in [2.05, 4.69) is 38.5 Å². The minimum Gasteiger partial charge on any atom is -0.299 e. The third-order valence-electron chi connectivity index (χ3n) is 5.72. The number of fused-ring (bicyclic) bond motifs is 1. The molecule has 0 radical (unpaired) electrons. The number of rotatable bonds is 4. The lowest BCUT2D eigenvalue weighted by Crippen LogP contribution is -2.37. The second-order valence-corrected chi connectivity index (χ2v) is 8.44.